The third-order valence-electron chi connectivity index (χ3n) is 4.91. The number of amides is 2. The standard InChI is InChI=1S/C26H21FN4O3S/c1-35-13-12-33-25-15-23-22(14-17(25)16-28)24(10-11-29-23)34-21-8-6-20(7-9-21)31-26(32)30-19-4-2-18(27)3-5-19/h2-11,14-15H,12-13H2,1H3,(H2,30,31,32). The van der Waals surface area contributed by atoms with Crippen molar-refractivity contribution in [1.29, 1.82) is 5.26 Å². The highest BCUT2D eigenvalue weighted by Gasteiger charge is 2.12. The van der Waals surface area contributed by atoms with Gasteiger partial charge in [0.2, 0.25) is 0 Å². The van der Waals surface area contributed by atoms with Crippen LogP contribution in [-0.4, -0.2) is 29.6 Å². The molecule has 35 heavy (non-hydrogen) atoms. The fourth-order valence-corrected chi connectivity index (χ4v) is 3.49. The average Bonchev–Trinajstić information content (AvgIpc) is 2.86. The molecule has 0 unspecified atom stereocenters. The summed E-state index contributed by atoms with van der Waals surface area (Å²) >= 11 is 1.66. The fraction of sp³-hybridized carbons (Fsp3) is 0.115. The van der Waals surface area contributed by atoms with Crippen LogP contribution in [0.2, 0.25) is 0 Å². The first kappa shape index (κ1) is 23.9. The maximum absolute atomic E-state index is 13.0. The lowest BCUT2D eigenvalue weighted by Gasteiger charge is -2.12. The molecule has 4 aromatic rings. The van der Waals surface area contributed by atoms with Crippen molar-refractivity contribution in [2.24, 2.45) is 0 Å². The summed E-state index contributed by atoms with van der Waals surface area (Å²) in [5, 5.41) is 15.6. The third kappa shape index (κ3) is 6.19. The number of ether oxygens (including phenoxy) is 2. The Balaban J connectivity index is 1.46. The van der Waals surface area contributed by atoms with Gasteiger partial charge in [0.05, 0.1) is 17.7 Å². The molecule has 3 aromatic carbocycles. The van der Waals surface area contributed by atoms with E-state index in [9.17, 15) is 14.4 Å². The Morgan fingerprint density at radius 3 is 2.37 bits per heavy atom. The Morgan fingerprint density at radius 2 is 1.71 bits per heavy atom. The summed E-state index contributed by atoms with van der Waals surface area (Å²) in [6, 6.07) is 19.2. The number of benzene rings is 3. The van der Waals surface area contributed by atoms with E-state index < -0.39 is 6.03 Å². The minimum Gasteiger partial charge on any atom is -0.491 e. The van der Waals surface area contributed by atoms with Crippen molar-refractivity contribution in [2.75, 3.05) is 29.2 Å². The van der Waals surface area contributed by atoms with Crippen molar-refractivity contribution < 1.29 is 18.7 Å². The second kappa shape index (κ2) is 11.2. The summed E-state index contributed by atoms with van der Waals surface area (Å²) < 4.78 is 24.8. The second-order valence-corrected chi connectivity index (χ2v) is 8.33. The molecule has 0 saturated heterocycles. The smallest absolute Gasteiger partial charge is 0.323 e. The van der Waals surface area contributed by atoms with E-state index in [1.165, 1.54) is 24.3 Å². The lowest BCUT2D eigenvalue weighted by atomic mass is 10.1. The highest BCUT2D eigenvalue weighted by Crippen LogP contribution is 2.33. The number of thioether (sulfide) groups is 1. The predicted octanol–water partition coefficient (Wildman–Crippen LogP) is 6.42. The SMILES string of the molecule is CSCCOc1cc2nccc(Oc3ccc(NC(=O)Nc4ccc(F)cc4)cc3)c2cc1C#N. The number of carbonyl (C=O) groups is 1. The van der Waals surface area contributed by atoms with Gasteiger partial charge in [-0.1, -0.05) is 0 Å². The lowest BCUT2D eigenvalue weighted by molar-refractivity contribution is 0.262. The van der Waals surface area contributed by atoms with Crippen LogP contribution in [0.3, 0.4) is 0 Å². The predicted molar refractivity (Wildman–Crippen MR) is 136 cm³/mol. The number of hydrogen-bond donors (Lipinski definition) is 2. The number of nitrogens with one attached hydrogen (secondary N) is 2. The zero-order chi connectivity index (χ0) is 24.6. The van der Waals surface area contributed by atoms with Crippen LogP contribution in [-0.2, 0) is 0 Å². The molecule has 2 N–H and O–H groups in total. The molecule has 0 radical (unpaired) electrons. The monoisotopic (exact) mass is 488 g/mol. The van der Waals surface area contributed by atoms with Gasteiger partial charge in [-0.2, -0.15) is 17.0 Å². The molecule has 0 aliphatic heterocycles. The molecule has 0 atom stereocenters. The fourth-order valence-electron chi connectivity index (χ4n) is 3.24. The van der Waals surface area contributed by atoms with Crippen LogP contribution in [0.4, 0.5) is 20.6 Å². The van der Waals surface area contributed by atoms with Gasteiger partial charge in [0.15, 0.2) is 0 Å². The normalized spacial score (nSPS) is 10.4. The summed E-state index contributed by atoms with van der Waals surface area (Å²) in [4.78, 5) is 16.6. The van der Waals surface area contributed by atoms with Crippen LogP contribution in [0.15, 0.2) is 72.9 Å². The maximum atomic E-state index is 13.0. The summed E-state index contributed by atoms with van der Waals surface area (Å²) in [5.41, 5.74) is 2.08. The van der Waals surface area contributed by atoms with Gasteiger partial charge in [-0.15, -0.1) is 0 Å². The molecule has 4 rings (SSSR count). The van der Waals surface area contributed by atoms with Crippen molar-refractivity contribution in [2.45, 2.75) is 0 Å². The van der Waals surface area contributed by atoms with Crippen LogP contribution in [0.5, 0.6) is 17.2 Å². The molecule has 9 heteroatoms. The summed E-state index contributed by atoms with van der Waals surface area (Å²) in [6.07, 6.45) is 3.62. The molecule has 0 saturated carbocycles. The molecule has 7 nitrogen and oxygen atoms in total. The highest BCUT2D eigenvalue weighted by atomic mass is 32.2. The Hall–Kier alpha value is -4.29. The number of urea groups is 1. The number of anilines is 2. The Bertz CT molecular complexity index is 1370. The van der Waals surface area contributed by atoms with Crippen molar-refractivity contribution in [3.8, 4) is 23.3 Å². The summed E-state index contributed by atoms with van der Waals surface area (Å²) in [6.45, 7) is 0.500. The van der Waals surface area contributed by atoms with Crippen LogP contribution in [0, 0.1) is 17.1 Å². The number of aromatic nitrogens is 1. The Labute approximate surface area is 205 Å². The molecule has 0 spiro atoms. The zero-order valence-corrected chi connectivity index (χ0v) is 19.6. The molecule has 0 fully saturated rings. The van der Waals surface area contributed by atoms with Crippen molar-refractivity contribution in [3.05, 3.63) is 84.3 Å². The Kier molecular flexibility index (Phi) is 7.65. The Morgan fingerprint density at radius 1 is 1.03 bits per heavy atom. The first-order valence-corrected chi connectivity index (χ1v) is 12.0. The number of nitriles is 1. The molecule has 1 aromatic heterocycles. The van der Waals surface area contributed by atoms with E-state index in [0.29, 0.717) is 51.7 Å². The zero-order valence-electron chi connectivity index (χ0n) is 18.7. The van der Waals surface area contributed by atoms with Gasteiger partial charge in [-0.05, 0) is 66.9 Å². The second-order valence-electron chi connectivity index (χ2n) is 7.34. The minimum atomic E-state index is -0.454. The van der Waals surface area contributed by atoms with Gasteiger partial charge in [0.25, 0.3) is 0 Å². The van der Waals surface area contributed by atoms with E-state index in [0.717, 1.165) is 5.75 Å². The van der Waals surface area contributed by atoms with E-state index in [1.54, 1.807) is 60.4 Å². The summed E-state index contributed by atoms with van der Waals surface area (Å²) in [5.74, 6) is 2.01. The van der Waals surface area contributed by atoms with Gasteiger partial charge in [-0.3, -0.25) is 4.98 Å². The number of rotatable bonds is 8. The first-order chi connectivity index (χ1) is 17.1. The van der Waals surface area contributed by atoms with E-state index in [4.69, 9.17) is 9.47 Å². The number of pyridine rings is 1. The van der Waals surface area contributed by atoms with Gasteiger partial charge in [0.1, 0.15) is 29.1 Å². The highest BCUT2D eigenvalue weighted by molar-refractivity contribution is 7.98. The number of nitrogens with zero attached hydrogens (tertiary/aromatic N) is 2. The third-order valence-corrected chi connectivity index (χ3v) is 5.49. The molecule has 0 aliphatic carbocycles. The number of hydrogen-bond acceptors (Lipinski definition) is 6. The molecular formula is C26H21FN4O3S. The van der Waals surface area contributed by atoms with E-state index >= 15 is 0 Å². The average molecular weight is 489 g/mol. The van der Waals surface area contributed by atoms with Gasteiger partial charge >= 0.3 is 6.03 Å². The molecule has 0 aliphatic rings. The van der Waals surface area contributed by atoms with E-state index in [1.807, 2.05) is 6.26 Å². The molecule has 0 bridgehead atoms. The van der Waals surface area contributed by atoms with Crippen LogP contribution in [0.1, 0.15) is 5.56 Å². The molecule has 176 valence electrons. The van der Waals surface area contributed by atoms with Crippen LogP contribution >= 0.6 is 11.8 Å². The number of fused-ring (bicyclic) bond motifs is 1. The minimum absolute atomic E-state index is 0.377. The van der Waals surface area contributed by atoms with Crippen molar-refractivity contribution in [1.82, 2.24) is 4.98 Å². The van der Waals surface area contributed by atoms with Crippen molar-refractivity contribution in [3.63, 3.8) is 0 Å². The lowest BCUT2D eigenvalue weighted by Crippen LogP contribution is -2.19. The number of carbonyl (C=O) groups excluding carboxylic acids is 1. The van der Waals surface area contributed by atoms with Gasteiger partial charge < -0.3 is 20.1 Å². The largest absolute Gasteiger partial charge is 0.491 e. The molecule has 2 amide bonds. The first-order valence-electron chi connectivity index (χ1n) is 10.6. The number of halogens is 1. The topological polar surface area (TPSA) is 96.3 Å². The molecular weight excluding hydrogens is 467 g/mol. The van der Waals surface area contributed by atoms with Crippen LogP contribution < -0.4 is 20.1 Å². The maximum Gasteiger partial charge on any atom is 0.323 e. The molecule has 1 heterocycles. The van der Waals surface area contributed by atoms with E-state index in [2.05, 4.69) is 21.7 Å². The van der Waals surface area contributed by atoms with Crippen molar-refractivity contribution >= 4 is 40.1 Å². The van der Waals surface area contributed by atoms with Crippen LogP contribution in [0.25, 0.3) is 10.9 Å². The van der Waals surface area contributed by atoms with Gasteiger partial charge in [0, 0.05) is 34.8 Å². The van der Waals surface area contributed by atoms with E-state index in [-0.39, 0.29) is 5.82 Å². The quantitative estimate of drug-likeness (QED) is 0.278. The summed E-state index contributed by atoms with van der Waals surface area (Å²) in [7, 11) is 0. The van der Waals surface area contributed by atoms with Gasteiger partial charge in [-0.25, -0.2) is 9.18 Å².